The van der Waals surface area contributed by atoms with Crippen LogP contribution in [0.5, 0.6) is 0 Å². The topological polar surface area (TPSA) is 81.7 Å². The third kappa shape index (κ3) is 5.95. The molecule has 122 valence electrons. The summed E-state index contributed by atoms with van der Waals surface area (Å²) in [5.41, 5.74) is 0.500. The molecular weight excluding hydrogens is 302 g/mol. The maximum atomic E-state index is 11.8. The SMILES string of the molecule is CSCC(C)(O)CNC(=O)C(=O)Nc1ccc(N(C)C)cc1. The van der Waals surface area contributed by atoms with Gasteiger partial charge in [-0.05, 0) is 37.4 Å². The molecule has 0 heterocycles. The van der Waals surface area contributed by atoms with Crippen LogP contribution in [0.15, 0.2) is 24.3 Å². The van der Waals surface area contributed by atoms with E-state index in [4.69, 9.17) is 0 Å². The number of anilines is 2. The third-order valence-corrected chi connectivity index (χ3v) is 3.84. The lowest BCUT2D eigenvalue weighted by Gasteiger charge is -2.22. The monoisotopic (exact) mass is 325 g/mol. The van der Waals surface area contributed by atoms with Crippen LogP contribution in [0.1, 0.15) is 6.92 Å². The van der Waals surface area contributed by atoms with Gasteiger partial charge in [0.2, 0.25) is 0 Å². The third-order valence-electron chi connectivity index (χ3n) is 2.93. The maximum Gasteiger partial charge on any atom is 0.313 e. The molecule has 0 aliphatic carbocycles. The average molecular weight is 325 g/mol. The first kappa shape index (κ1) is 18.3. The number of thioether (sulfide) groups is 1. The molecule has 22 heavy (non-hydrogen) atoms. The summed E-state index contributed by atoms with van der Waals surface area (Å²) in [5, 5.41) is 14.9. The first-order chi connectivity index (χ1) is 10.2. The van der Waals surface area contributed by atoms with Crippen LogP contribution in [-0.2, 0) is 9.59 Å². The van der Waals surface area contributed by atoms with Gasteiger partial charge in [-0.1, -0.05) is 0 Å². The Labute approximate surface area is 135 Å². The van der Waals surface area contributed by atoms with E-state index in [-0.39, 0.29) is 6.54 Å². The van der Waals surface area contributed by atoms with Crippen molar-refractivity contribution < 1.29 is 14.7 Å². The summed E-state index contributed by atoms with van der Waals surface area (Å²) >= 11 is 1.47. The highest BCUT2D eigenvalue weighted by atomic mass is 32.2. The normalized spacial score (nSPS) is 13.1. The predicted octanol–water partition coefficient (Wildman–Crippen LogP) is 0.921. The minimum absolute atomic E-state index is 0.0274. The summed E-state index contributed by atoms with van der Waals surface area (Å²) < 4.78 is 0. The smallest absolute Gasteiger partial charge is 0.313 e. The van der Waals surface area contributed by atoms with E-state index in [0.717, 1.165) is 5.69 Å². The van der Waals surface area contributed by atoms with Gasteiger partial charge in [0.15, 0.2) is 0 Å². The lowest BCUT2D eigenvalue weighted by atomic mass is 10.1. The van der Waals surface area contributed by atoms with Gasteiger partial charge < -0.3 is 20.6 Å². The van der Waals surface area contributed by atoms with Crippen molar-refractivity contribution in [2.75, 3.05) is 42.9 Å². The van der Waals surface area contributed by atoms with Crippen LogP contribution in [0, 0.1) is 0 Å². The van der Waals surface area contributed by atoms with Crippen molar-refractivity contribution in [1.29, 1.82) is 0 Å². The van der Waals surface area contributed by atoms with Gasteiger partial charge in [-0.15, -0.1) is 0 Å². The van der Waals surface area contributed by atoms with Gasteiger partial charge >= 0.3 is 11.8 Å². The highest BCUT2D eigenvalue weighted by Crippen LogP contribution is 2.15. The Morgan fingerprint density at radius 1 is 1.23 bits per heavy atom. The van der Waals surface area contributed by atoms with Gasteiger partial charge in [0.25, 0.3) is 0 Å². The number of benzene rings is 1. The molecule has 0 aliphatic rings. The second-order valence-corrected chi connectivity index (χ2v) is 6.37. The largest absolute Gasteiger partial charge is 0.387 e. The van der Waals surface area contributed by atoms with Gasteiger partial charge in [-0.3, -0.25) is 9.59 Å². The Hall–Kier alpha value is -1.73. The maximum absolute atomic E-state index is 11.8. The molecule has 1 aromatic rings. The molecule has 1 aromatic carbocycles. The van der Waals surface area contributed by atoms with Crippen molar-refractivity contribution in [3.8, 4) is 0 Å². The Morgan fingerprint density at radius 2 is 1.82 bits per heavy atom. The van der Waals surface area contributed by atoms with E-state index < -0.39 is 17.4 Å². The molecule has 1 unspecified atom stereocenters. The fourth-order valence-electron chi connectivity index (χ4n) is 1.74. The zero-order valence-electron chi connectivity index (χ0n) is 13.3. The van der Waals surface area contributed by atoms with Crippen molar-refractivity contribution >= 4 is 35.0 Å². The lowest BCUT2D eigenvalue weighted by Crippen LogP contribution is -2.45. The van der Waals surface area contributed by atoms with E-state index in [1.54, 1.807) is 19.1 Å². The number of rotatable bonds is 6. The Morgan fingerprint density at radius 3 is 2.32 bits per heavy atom. The molecule has 0 fully saturated rings. The number of hydrogen-bond donors (Lipinski definition) is 3. The molecule has 0 spiro atoms. The van der Waals surface area contributed by atoms with Crippen LogP contribution < -0.4 is 15.5 Å². The number of carbonyl (C=O) groups excluding carboxylic acids is 2. The van der Waals surface area contributed by atoms with Gasteiger partial charge in [0, 0.05) is 37.8 Å². The van der Waals surface area contributed by atoms with Crippen LogP contribution in [-0.4, -0.2) is 55.2 Å². The molecular formula is C15H23N3O3S. The number of nitrogens with zero attached hydrogens (tertiary/aromatic N) is 1. The lowest BCUT2D eigenvalue weighted by molar-refractivity contribution is -0.136. The number of aliphatic hydroxyl groups is 1. The highest BCUT2D eigenvalue weighted by Gasteiger charge is 2.22. The van der Waals surface area contributed by atoms with Gasteiger partial charge in [-0.25, -0.2) is 0 Å². The summed E-state index contributed by atoms with van der Waals surface area (Å²) in [5.74, 6) is -1.04. The Kier molecular flexibility index (Phi) is 6.70. The van der Waals surface area contributed by atoms with E-state index in [9.17, 15) is 14.7 Å². The molecule has 2 amide bonds. The first-order valence-corrected chi connectivity index (χ1v) is 8.22. The minimum Gasteiger partial charge on any atom is -0.387 e. The second-order valence-electron chi connectivity index (χ2n) is 5.51. The quantitative estimate of drug-likeness (QED) is 0.678. The summed E-state index contributed by atoms with van der Waals surface area (Å²) in [6, 6.07) is 7.14. The standard InChI is InChI=1S/C15H23N3O3S/c1-15(21,10-22-4)9-16-13(19)14(20)17-11-5-7-12(8-6-11)18(2)3/h5-8,21H,9-10H2,1-4H3,(H,16,19)(H,17,20). The van der Waals surface area contributed by atoms with Crippen molar-refractivity contribution in [3.63, 3.8) is 0 Å². The zero-order valence-corrected chi connectivity index (χ0v) is 14.2. The summed E-state index contributed by atoms with van der Waals surface area (Å²) in [6.07, 6.45) is 1.86. The molecule has 0 aliphatic heterocycles. The predicted molar refractivity (Wildman–Crippen MR) is 91.4 cm³/mol. The van der Waals surface area contributed by atoms with E-state index >= 15 is 0 Å². The number of hydrogen-bond acceptors (Lipinski definition) is 5. The van der Waals surface area contributed by atoms with Crippen LogP contribution in [0.4, 0.5) is 11.4 Å². The van der Waals surface area contributed by atoms with Crippen molar-refractivity contribution in [3.05, 3.63) is 24.3 Å². The fraction of sp³-hybridized carbons (Fsp3) is 0.467. The zero-order chi connectivity index (χ0) is 16.8. The molecule has 0 saturated heterocycles. The molecule has 6 nitrogen and oxygen atoms in total. The molecule has 1 atom stereocenters. The van der Waals surface area contributed by atoms with E-state index in [1.165, 1.54) is 11.8 Å². The highest BCUT2D eigenvalue weighted by molar-refractivity contribution is 7.98. The molecule has 3 N–H and O–H groups in total. The van der Waals surface area contributed by atoms with Gasteiger partial charge in [0.1, 0.15) is 0 Å². The molecule has 0 saturated carbocycles. The Bertz CT molecular complexity index is 515. The molecule has 0 aromatic heterocycles. The molecule has 7 heteroatoms. The molecule has 0 bridgehead atoms. The van der Waals surface area contributed by atoms with E-state index in [0.29, 0.717) is 11.4 Å². The number of nitrogens with one attached hydrogen (secondary N) is 2. The summed E-state index contributed by atoms with van der Waals surface area (Å²) in [4.78, 5) is 25.4. The summed E-state index contributed by atoms with van der Waals surface area (Å²) in [7, 11) is 3.84. The first-order valence-electron chi connectivity index (χ1n) is 6.83. The number of carbonyl (C=O) groups is 2. The second kappa shape index (κ2) is 8.05. The molecule has 0 radical (unpaired) electrons. The number of amides is 2. The fourth-order valence-corrected chi connectivity index (χ4v) is 2.47. The average Bonchev–Trinajstić information content (AvgIpc) is 2.45. The van der Waals surface area contributed by atoms with Crippen molar-refractivity contribution in [2.45, 2.75) is 12.5 Å². The van der Waals surface area contributed by atoms with Crippen molar-refractivity contribution in [2.24, 2.45) is 0 Å². The molecule has 1 rings (SSSR count). The van der Waals surface area contributed by atoms with E-state index in [1.807, 2.05) is 37.4 Å². The van der Waals surface area contributed by atoms with Crippen LogP contribution in [0.25, 0.3) is 0 Å². The Balaban J connectivity index is 2.52. The van der Waals surface area contributed by atoms with Crippen LogP contribution in [0.3, 0.4) is 0 Å². The minimum atomic E-state index is -1.04. The summed E-state index contributed by atoms with van der Waals surface area (Å²) in [6.45, 7) is 1.64. The van der Waals surface area contributed by atoms with Crippen LogP contribution in [0.2, 0.25) is 0 Å². The van der Waals surface area contributed by atoms with Gasteiger partial charge in [-0.2, -0.15) is 11.8 Å². The van der Waals surface area contributed by atoms with Gasteiger partial charge in [0.05, 0.1) is 5.60 Å². The van der Waals surface area contributed by atoms with Crippen molar-refractivity contribution in [1.82, 2.24) is 5.32 Å². The van der Waals surface area contributed by atoms with E-state index in [2.05, 4.69) is 10.6 Å². The van der Waals surface area contributed by atoms with Crippen LogP contribution >= 0.6 is 11.8 Å².